The summed E-state index contributed by atoms with van der Waals surface area (Å²) in [5, 5.41) is 10.1. The van der Waals surface area contributed by atoms with Crippen molar-refractivity contribution in [2.24, 2.45) is 5.92 Å². The van der Waals surface area contributed by atoms with E-state index in [1.54, 1.807) is 0 Å². The maximum Gasteiger partial charge on any atom is 0.134 e. The predicted molar refractivity (Wildman–Crippen MR) is 63.7 cm³/mol. The van der Waals surface area contributed by atoms with Crippen molar-refractivity contribution in [3.8, 4) is 0 Å². The quantitative estimate of drug-likeness (QED) is 0.562. The summed E-state index contributed by atoms with van der Waals surface area (Å²) >= 11 is 0. The van der Waals surface area contributed by atoms with E-state index in [1.807, 2.05) is 0 Å². The minimum Gasteiger partial charge on any atom is -0.388 e. The molecule has 1 N–H and O–H groups in total. The van der Waals surface area contributed by atoms with Crippen LogP contribution >= 0.6 is 0 Å². The van der Waals surface area contributed by atoms with Gasteiger partial charge in [-0.05, 0) is 48.9 Å². The van der Waals surface area contributed by atoms with Crippen molar-refractivity contribution < 1.29 is 5.11 Å². The number of hydrogen-bond donors (Lipinski definition) is 1. The number of allylic oxidation sites excluding steroid dienone is 2. The monoisotopic (exact) mass is 213 g/mol. The summed E-state index contributed by atoms with van der Waals surface area (Å²) in [6.07, 6.45) is 10.8. The highest BCUT2D eigenvalue weighted by Gasteiger charge is 2.30. The molecule has 80 valence electrons. The molecule has 0 aromatic carbocycles. The zero-order chi connectivity index (χ0) is 9.80. The minimum atomic E-state index is -0.0126. The van der Waals surface area contributed by atoms with E-state index in [1.165, 1.54) is 37.2 Å². The Hall–Kier alpha value is 0.0500. The first-order valence-corrected chi connectivity index (χ1v) is 7.56. The van der Waals surface area contributed by atoms with E-state index in [4.69, 9.17) is 0 Å². The average molecular weight is 213 g/mol. The van der Waals surface area contributed by atoms with Gasteiger partial charge < -0.3 is 5.11 Å². The fourth-order valence-electron chi connectivity index (χ4n) is 2.43. The van der Waals surface area contributed by atoms with Crippen LogP contribution in [0.25, 0.3) is 0 Å². The standard InChI is InChI=1S/C12H21OS/c13-12(10-14-8-4-5-9-14)11-6-2-1-3-7-11/h1-2,11-13H,3-10H2/q+1. The van der Waals surface area contributed by atoms with Crippen LogP contribution in [0.2, 0.25) is 0 Å². The zero-order valence-corrected chi connectivity index (χ0v) is 9.64. The highest BCUT2D eigenvalue weighted by atomic mass is 32.2. The molecule has 1 saturated heterocycles. The van der Waals surface area contributed by atoms with Crippen molar-refractivity contribution in [1.82, 2.24) is 0 Å². The average Bonchev–Trinajstić information content (AvgIpc) is 2.72. The van der Waals surface area contributed by atoms with Gasteiger partial charge in [-0.1, -0.05) is 12.2 Å². The van der Waals surface area contributed by atoms with Crippen LogP contribution in [0.4, 0.5) is 0 Å². The lowest BCUT2D eigenvalue weighted by molar-refractivity contribution is 0.123. The number of aliphatic hydroxyl groups excluding tert-OH is 1. The molecule has 2 atom stereocenters. The molecular weight excluding hydrogens is 192 g/mol. The molecular formula is C12H21OS+. The molecule has 1 aliphatic heterocycles. The fraction of sp³-hybridized carbons (Fsp3) is 0.833. The molecule has 2 heteroatoms. The Bertz CT molecular complexity index is 196. The molecule has 1 fully saturated rings. The Balaban J connectivity index is 1.76. The van der Waals surface area contributed by atoms with Gasteiger partial charge in [0.2, 0.25) is 0 Å². The molecule has 2 unspecified atom stereocenters. The number of rotatable bonds is 3. The van der Waals surface area contributed by atoms with E-state index >= 15 is 0 Å². The largest absolute Gasteiger partial charge is 0.388 e. The Labute approximate surface area is 89.9 Å². The molecule has 0 aromatic heterocycles. The van der Waals surface area contributed by atoms with E-state index in [9.17, 15) is 5.11 Å². The van der Waals surface area contributed by atoms with Crippen LogP contribution in [-0.4, -0.2) is 28.5 Å². The molecule has 1 heterocycles. The smallest absolute Gasteiger partial charge is 0.134 e. The van der Waals surface area contributed by atoms with Gasteiger partial charge in [0.15, 0.2) is 0 Å². The lowest BCUT2D eigenvalue weighted by atomic mass is 9.90. The van der Waals surface area contributed by atoms with Crippen LogP contribution in [0, 0.1) is 5.92 Å². The summed E-state index contributed by atoms with van der Waals surface area (Å²) in [6, 6.07) is 0. The maximum atomic E-state index is 10.1. The summed E-state index contributed by atoms with van der Waals surface area (Å²) in [4.78, 5) is 0. The molecule has 1 nitrogen and oxygen atoms in total. The molecule has 0 spiro atoms. The highest BCUT2D eigenvalue weighted by molar-refractivity contribution is 7.97. The zero-order valence-electron chi connectivity index (χ0n) is 8.82. The Morgan fingerprint density at radius 2 is 2.07 bits per heavy atom. The van der Waals surface area contributed by atoms with Crippen LogP contribution < -0.4 is 0 Å². The van der Waals surface area contributed by atoms with Gasteiger partial charge in [0.05, 0.1) is 0 Å². The third kappa shape index (κ3) is 2.77. The second-order valence-electron chi connectivity index (χ2n) is 4.51. The van der Waals surface area contributed by atoms with E-state index in [0.717, 1.165) is 12.2 Å². The summed E-state index contributed by atoms with van der Waals surface area (Å²) in [7, 11) is 0.567. The van der Waals surface area contributed by atoms with Crippen LogP contribution in [-0.2, 0) is 10.9 Å². The molecule has 14 heavy (non-hydrogen) atoms. The van der Waals surface area contributed by atoms with Gasteiger partial charge in [0.25, 0.3) is 0 Å². The highest BCUT2D eigenvalue weighted by Crippen LogP contribution is 2.24. The predicted octanol–water partition coefficient (Wildman–Crippen LogP) is 2.12. The summed E-state index contributed by atoms with van der Waals surface area (Å²) < 4.78 is 0. The Kier molecular flexibility index (Phi) is 3.94. The lowest BCUT2D eigenvalue weighted by Gasteiger charge is -2.22. The lowest BCUT2D eigenvalue weighted by Crippen LogP contribution is -2.30. The van der Waals surface area contributed by atoms with Crippen molar-refractivity contribution in [3.05, 3.63) is 12.2 Å². The second kappa shape index (κ2) is 5.22. The van der Waals surface area contributed by atoms with Gasteiger partial charge in [0.1, 0.15) is 23.4 Å². The van der Waals surface area contributed by atoms with Crippen LogP contribution in [0.3, 0.4) is 0 Å². The number of aliphatic hydroxyl groups is 1. The molecule has 0 bridgehead atoms. The van der Waals surface area contributed by atoms with Crippen LogP contribution in [0.15, 0.2) is 12.2 Å². The van der Waals surface area contributed by atoms with E-state index in [-0.39, 0.29) is 6.10 Å². The van der Waals surface area contributed by atoms with Gasteiger partial charge in [-0.2, -0.15) is 0 Å². The summed E-state index contributed by atoms with van der Waals surface area (Å²) in [5.41, 5.74) is 0. The van der Waals surface area contributed by atoms with Crippen molar-refractivity contribution in [2.45, 2.75) is 38.2 Å². The van der Waals surface area contributed by atoms with Gasteiger partial charge >= 0.3 is 0 Å². The van der Waals surface area contributed by atoms with Crippen molar-refractivity contribution >= 4 is 10.9 Å². The van der Waals surface area contributed by atoms with Crippen molar-refractivity contribution in [1.29, 1.82) is 0 Å². The SMILES string of the molecule is OC(C[S+]1CCCC1)C1CC=CCC1. The molecule has 0 aromatic rings. The number of hydrogen-bond acceptors (Lipinski definition) is 1. The van der Waals surface area contributed by atoms with Crippen molar-refractivity contribution in [3.63, 3.8) is 0 Å². The van der Waals surface area contributed by atoms with E-state index in [0.29, 0.717) is 16.8 Å². The Morgan fingerprint density at radius 1 is 1.29 bits per heavy atom. The fourth-order valence-corrected chi connectivity index (χ4v) is 4.94. The third-order valence-corrected chi connectivity index (χ3v) is 5.92. The van der Waals surface area contributed by atoms with Gasteiger partial charge in [-0.15, -0.1) is 0 Å². The molecule has 0 saturated carbocycles. The first-order chi connectivity index (χ1) is 6.86. The van der Waals surface area contributed by atoms with E-state index < -0.39 is 0 Å². The molecule has 0 amide bonds. The summed E-state index contributed by atoms with van der Waals surface area (Å²) in [5.74, 6) is 4.44. The topological polar surface area (TPSA) is 20.2 Å². The molecule has 0 radical (unpaired) electrons. The first-order valence-electron chi connectivity index (χ1n) is 5.83. The third-order valence-electron chi connectivity index (χ3n) is 3.38. The minimum absolute atomic E-state index is 0.0126. The second-order valence-corrected chi connectivity index (χ2v) is 6.88. The van der Waals surface area contributed by atoms with E-state index in [2.05, 4.69) is 12.2 Å². The maximum absolute atomic E-state index is 10.1. The molecule has 2 rings (SSSR count). The van der Waals surface area contributed by atoms with Gasteiger partial charge in [-0.3, -0.25) is 0 Å². The van der Waals surface area contributed by atoms with Crippen molar-refractivity contribution in [2.75, 3.05) is 17.3 Å². The first kappa shape index (κ1) is 10.6. The van der Waals surface area contributed by atoms with Gasteiger partial charge in [-0.25, -0.2) is 0 Å². The Morgan fingerprint density at radius 3 is 2.71 bits per heavy atom. The normalized spacial score (nSPS) is 30.8. The molecule has 2 aliphatic rings. The van der Waals surface area contributed by atoms with Gasteiger partial charge in [0, 0.05) is 0 Å². The summed E-state index contributed by atoms with van der Waals surface area (Å²) in [6.45, 7) is 0. The molecule has 1 aliphatic carbocycles. The van der Waals surface area contributed by atoms with Crippen LogP contribution in [0.1, 0.15) is 32.1 Å². The van der Waals surface area contributed by atoms with Crippen LogP contribution in [0.5, 0.6) is 0 Å².